The molecule has 2 rings (SSSR count). The fourth-order valence-corrected chi connectivity index (χ4v) is 2.55. The molecular formula is C19H32IN5O2. The fourth-order valence-electron chi connectivity index (χ4n) is 2.55. The van der Waals surface area contributed by atoms with Gasteiger partial charge in [0.1, 0.15) is 5.82 Å². The van der Waals surface area contributed by atoms with Crippen molar-refractivity contribution in [2.24, 2.45) is 12.0 Å². The van der Waals surface area contributed by atoms with Crippen molar-refractivity contribution >= 4 is 41.0 Å². The second-order valence-electron chi connectivity index (χ2n) is 6.01. The molecule has 0 unspecified atom stereocenters. The van der Waals surface area contributed by atoms with Crippen molar-refractivity contribution in [2.75, 3.05) is 40.0 Å². The molecule has 0 fully saturated rings. The average Bonchev–Trinajstić information content (AvgIpc) is 2.99. The van der Waals surface area contributed by atoms with Gasteiger partial charge in [-0.15, -0.1) is 24.0 Å². The van der Waals surface area contributed by atoms with E-state index >= 15 is 0 Å². The maximum Gasteiger partial charge on any atom is 0.191 e. The highest BCUT2D eigenvalue weighted by atomic mass is 127. The number of aliphatic imine (C=N–C) groups is 1. The van der Waals surface area contributed by atoms with E-state index in [-0.39, 0.29) is 24.0 Å². The van der Waals surface area contributed by atoms with Crippen LogP contribution in [0.2, 0.25) is 0 Å². The molecule has 0 saturated heterocycles. The highest BCUT2D eigenvalue weighted by Gasteiger charge is 2.07. The van der Waals surface area contributed by atoms with Gasteiger partial charge in [0.2, 0.25) is 0 Å². The maximum atomic E-state index is 5.54. The maximum absolute atomic E-state index is 5.54. The average molecular weight is 489 g/mol. The Kier molecular flexibility index (Phi) is 12.0. The second kappa shape index (κ2) is 13.7. The first-order valence-corrected chi connectivity index (χ1v) is 9.26. The van der Waals surface area contributed by atoms with E-state index in [9.17, 15) is 0 Å². The van der Waals surface area contributed by atoms with Crippen molar-refractivity contribution < 1.29 is 9.47 Å². The Labute approximate surface area is 178 Å². The monoisotopic (exact) mass is 489 g/mol. The first-order valence-electron chi connectivity index (χ1n) is 9.26. The standard InChI is InChI=1S/C19H31N5O2.HI/c1-4-5-11-25-13-14-26-12-10-21-19(20-2)22-15-18-23-16-8-6-7-9-17(16)24(18)3;/h6-9H,4-5,10-15H2,1-3H3,(H2,20,21,22);1H. The van der Waals surface area contributed by atoms with Gasteiger partial charge < -0.3 is 24.7 Å². The van der Waals surface area contributed by atoms with Gasteiger partial charge >= 0.3 is 0 Å². The molecule has 0 aliphatic rings. The van der Waals surface area contributed by atoms with Gasteiger partial charge in [0.25, 0.3) is 0 Å². The number of nitrogens with one attached hydrogen (secondary N) is 2. The van der Waals surface area contributed by atoms with Crippen molar-refractivity contribution in [1.29, 1.82) is 0 Å². The zero-order valence-electron chi connectivity index (χ0n) is 16.5. The summed E-state index contributed by atoms with van der Waals surface area (Å²) in [6.07, 6.45) is 2.26. The number of benzene rings is 1. The Morgan fingerprint density at radius 3 is 2.56 bits per heavy atom. The van der Waals surface area contributed by atoms with Gasteiger partial charge in [-0.2, -0.15) is 0 Å². The van der Waals surface area contributed by atoms with Crippen LogP contribution < -0.4 is 10.6 Å². The molecule has 0 saturated carbocycles. The molecule has 152 valence electrons. The molecule has 7 nitrogen and oxygen atoms in total. The van der Waals surface area contributed by atoms with E-state index < -0.39 is 0 Å². The summed E-state index contributed by atoms with van der Waals surface area (Å²) >= 11 is 0. The van der Waals surface area contributed by atoms with E-state index in [4.69, 9.17) is 9.47 Å². The minimum absolute atomic E-state index is 0. The van der Waals surface area contributed by atoms with Gasteiger partial charge in [-0.05, 0) is 18.6 Å². The first kappa shape index (κ1) is 23.6. The number of hydrogen-bond donors (Lipinski definition) is 2. The summed E-state index contributed by atoms with van der Waals surface area (Å²) < 4.78 is 13.1. The Morgan fingerprint density at radius 1 is 1.11 bits per heavy atom. The summed E-state index contributed by atoms with van der Waals surface area (Å²) in [5, 5.41) is 6.53. The lowest BCUT2D eigenvalue weighted by atomic mass is 10.3. The number of imidazole rings is 1. The van der Waals surface area contributed by atoms with Gasteiger partial charge in [0.15, 0.2) is 5.96 Å². The Morgan fingerprint density at radius 2 is 1.85 bits per heavy atom. The summed E-state index contributed by atoms with van der Waals surface area (Å²) in [6, 6.07) is 8.12. The summed E-state index contributed by atoms with van der Waals surface area (Å²) in [4.78, 5) is 8.88. The molecular weight excluding hydrogens is 457 g/mol. The number of hydrogen-bond acceptors (Lipinski definition) is 4. The molecule has 0 atom stereocenters. The van der Waals surface area contributed by atoms with Crippen LogP contribution in [-0.4, -0.2) is 55.5 Å². The van der Waals surface area contributed by atoms with Crippen LogP contribution in [0.3, 0.4) is 0 Å². The molecule has 8 heteroatoms. The number of ether oxygens (including phenoxy) is 2. The zero-order chi connectivity index (χ0) is 18.6. The quantitative estimate of drug-likeness (QED) is 0.220. The van der Waals surface area contributed by atoms with Crippen molar-refractivity contribution in [3.63, 3.8) is 0 Å². The van der Waals surface area contributed by atoms with Crippen molar-refractivity contribution in [3.8, 4) is 0 Å². The smallest absolute Gasteiger partial charge is 0.191 e. The lowest BCUT2D eigenvalue weighted by Crippen LogP contribution is -2.39. The van der Waals surface area contributed by atoms with Crippen LogP contribution >= 0.6 is 24.0 Å². The Hall–Kier alpha value is -1.39. The number of nitrogens with zero attached hydrogens (tertiary/aromatic N) is 3. The van der Waals surface area contributed by atoms with E-state index in [0.29, 0.717) is 32.9 Å². The molecule has 2 N–H and O–H groups in total. The van der Waals surface area contributed by atoms with Crippen LogP contribution in [0.4, 0.5) is 0 Å². The van der Waals surface area contributed by atoms with Crippen molar-refractivity contribution in [1.82, 2.24) is 20.2 Å². The highest BCUT2D eigenvalue weighted by molar-refractivity contribution is 14.0. The summed E-state index contributed by atoms with van der Waals surface area (Å²) in [7, 11) is 3.78. The van der Waals surface area contributed by atoms with Gasteiger partial charge in [-0.3, -0.25) is 4.99 Å². The van der Waals surface area contributed by atoms with E-state index in [2.05, 4.69) is 38.2 Å². The number of guanidine groups is 1. The predicted octanol–water partition coefficient (Wildman–Crippen LogP) is 2.69. The van der Waals surface area contributed by atoms with Crippen LogP contribution in [0.1, 0.15) is 25.6 Å². The topological polar surface area (TPSA) is 72.7 Å². The Balaban J connectivity index is 0.00000364. The molecule has 2 aromatic rings. The molecule has 0 spiro atoms. The molecule has 1 heterocycles. The summed E-state index contributed by atoms with van der Waals surface area (Å²) in [5.41, 5.74) is 2.13. The number of unbranched alkanes of at least 4 members (excludes halogenated alkanes) is 1. The molecule has 0 aliphatic carbocycles. The molecule has 0 amide bonds. The number of para-hydroxylation sites is 2. The minimum atomic E-state index is 0. The SMILES string of the molecule is CCCCOCCOCCNC(=NC)NCc1nc2ccccc2n1C.I. The van der Waals surface area contributed by atoms with Gasteiger partial charge in [0.05, 0.1) is 37.4 Å². The number of halogens is 1. The summed E-state index contributed by atoms with van der Waals surface area (Å²) in [5.74, 6) is 1.70. The van der Waals surface area contributed by atoms with Crippen molar-refractivity contribution in [3.05, 3.63) is 30.1 Å². The van der Waals surface area contributed by atoms with Crippen LogP contribution in [0.25, 0.3) is 11.0 Å². The van der Waals surface area contributed by atoms with Gasteiger partial charge in [-0.1, -0.05) is 25.5 Å². The van der Waals surface area contributed by atoms with E-state index in [0.717, 1.165) is 42.3 Å². The largest absolute Gasteiger partial charge is 0.379 e. The third-order valence-corrected chi connectivity index (χ3v) is 4.07. The Bertz CT molecular complexity index is 690. The normalized spacial score (nSPS) is 11.4. The molecule has 27 heavy (non-hydrogen) atoms. The minimum Gasteiger partial charge on any atom is -0.379 e. The molecule has 0 aliphatic heterocycles. The summed E-state index contributed by atoms with van der Waals surface area (Å²) in [6.45, 7) is 6.16. The molecule has 0 bridgehead atoms. The predicted molar refractivity (Wildman–Crippen MR) is 121 cm³/mol. The third kappa shape index (κ3) is 8.02. The van der Waals surface area contributed by atoms with Crippen molar-refractivity contribution in [2.45, 2.75) is 26.3 Å². The number of aryl methyl sites for hydroxylation is 1. The zero-order valence-corrected chi connectivity index (χ0v) is 18.9. The lowest BCUT2D eigenvalue weighted by Gasteiger charge is -2.12. The molecule has 1 aromatic carbocycles. The lowest BCUT2D eigenvalue weighted by molar-refractivity contribution is 0.0487. The van der Waals surface area contributed by atoms with Crippen LogP contribution in [-0.2, 0) is 23.1 Å². The highest BCUT2D eigenvalue weighted by Crippen LogP contribution is 2.13. The second-order valence-corrected chi connectivity index (χ2v) is 6.01. The van der Waals surface area contributed by atoms with E-state index in [1.54, 1.807) is 7.05 Å². The molecule has 1 aromatic heterocycles. The first-order chi connectivity index (χ1) is 12.8. The van der Waals surface area contributed by atoms with Gasteiger partial charge in [0, 0.05) is 27.2 Å². The fraction of sp³-hybridized carbons (Fsp3) is 0.579. The van der Waals surface area contributed by atoms with E-state index in [1.807, 2.05) is 25.2 Å². The number of rotatable bonds is 11. The number of fused-ring (bicyclic) bond motifs is 1. The van der Waals surface area contributed by atoms with Crippen LogP contribution in [0, 0.1) is 0 Å². The van der Waals surface area contributed by atoms with E-state index in [1.165, 1.54) is 0 Å². The third-order valence-electron chi connectivity index (χ3n) is 4.07. The van der Waals surface area contributed by atoms with Crippen LogP contribution in [0.15, 0.2) is 29.3 Å². The molecule has 0 radical (unpaired) electrons. The number of aromatic nitrogens is 2. The van der Waals surface area contributed by atoms with Crippen LogP contribution in [0.5, 0.6) is 0 Å². The van der Waals surface area contributed by atoms with Gasteiger partial charge in [-0.25, -0.2) is 4.98 Å².